The van der Waals surface area contributed by atoms with E-state index in [1.165, 1.54) is 0 Å². The largest absolute Gasteiger partial charge is 0.473 e. The fourth-order valence-electron chi connectivity index (χ4n) is 7.29. The van der Waals surface area contributed by atoms with Crippen LogP contribution in [0.3, 0.4) is 0 Å². The zero-order valence-electron chi connectivity index (χ0n) is 28.3. The van der Waals surface area contributed by atoms with Crippen molar-refractivity contribution in [1.82, 2.24) is 14.9 Å². The number of benzene rings is 2. The molecule has 0 radical (unpaired) electrons. The summed E-state index contributed by atoms with van der Waals surface area (Å²) in [6.07, 6.45) is 3.74. The van der Waals surface area contributed by atoms with Crippen LogP contribution >= 0.6 is 11.6 Å². The smallest absolute Gasteiger partial charge is 0.410 e. The van der Waals surface area contributed by atoms with Crippen LogP contribution in [-0.2, 0) is 17.9 Å². The van der Waals surface area contributed by atoms with E-state index in [0.717, 1.165) is 77.1 Å². The molecule has 2 atom stereocenters. The molecule has 2 aromatic heterocycles. The van der Waals surface area contributed by atoms with Crippen LogP contribution in [-0.4, -0.2) is 52.2 Å². The van der Waals surface area contributed by atoms with E-state index in [4.69, 9.17) is 31.0 Å². The number of hydrogen-bond donors (Lipinski definition) is 1. The van der Waals surface area contributed by atoms with E-state index in [1.54, 1.807) is 0 Å². The first-order valence-corrected chi connectivity index (χ1v) is 17.1. The summed E-state index contributed by atoms with van der Waals surface area (Å²) in [5, 5.41) is 6.36. The van der Waals surface area contributed by atoms with Gasteiger partial charge in [-0.05, 0) is 102 Å². The van der Waals surface area contributed by atoms with Gasteiger partial charge >= 0.3 is 6.09 Å². The minimum Gasteiger partial charge on any atom is -0.473 e. The lowest BCUT2D eigenvalue weighted by Gasteiger charge is -2.33. The third-order valence-corrected chi connectivity index (χ3v) is 9.60. The molecule has 248 valence electrons. The van der Waals surface area contributed by atoms with Gasteiger partial charge in [0.25, 0.3) is 0 Å². The maximum Gasteiger partial charge on any atom is 0.410 e. The van der Waals surface area contributed by atoms with Gasteiger partial charge in [-0.1, -0.05) is 41.9 Å². The van der Waals surface area contributed by atoms with Crippen molar-refractivity contribution in [2.24, 2.45) is 11.8 Å². The summed E-state index contributed by atoms with van der Waals surface area (Å²) in [5.41, 5.74) is 4.76. The van der Waals surface area contributed by atoms with E-state index in [2.05, 4.69) is 54.4 Å². The van der Waals surface area contributed by atoms with Gasteiger partial charge in [0.05, 0.1) is 0 Å². The van der Waals surface area contributed by atoms with E-state index in [9.17, 15) is 4.79 Å². The quantitative estimate of drug-likeness (QED) is 0.193. The number of nitrogens with zero attached hydrogens (tertiary/aromatic N) is 4. The number of pyridine rings is 2. The van der Waals surface area contributed by atoms with Crippen LogP contribution in [0.5, 0.6) is 5.88 Å². The lowest BCUT2D eigenvalue weighted by molar-refractivity contribution is 0.0279. The molecule has 1 aliphatic carbocycles. The third kappa shape index (κ3) is 7.43. The number of ether oxygens (including phenoxy) is 2. The number of nitrogens with one attached hydrogen (secondary N) is 1. The normalized spacial score (nSPS) is 19.1. The van der Waals surface area contributed by atoms with Crippen molar-refractivity contribution in [3.63, 3.8) is 0 Å². The van der Waals surface area contributed by atoms with Crippen molar-refractivity contribution in [3.05, 3.63) is 88.2 Å². The highest BCUT2D eigenvalue weighted by Crippen LogP contribution is 2.44. The Morgan fingerprint density at radius 3 is 2.45 bits per heavy atom. The topological polar surface area (TPSA) is 79.8 Å². The molecule has 2 unspecified atom stereocenters. The number of anilines is 2. The Morgan fingerprint density at radius 2 is 1.77 bits per heavy atom. The molecule has 9 heteroatoms. The van der Waals surface area contributed by atoms with E-state index in [0.29, 0.717) is 41.9 Å². The number of likely N-dealkylation sites (tertiary alicyclic amines) is 1. The van der Waals surface area contributed by atoms with Crippen molar-refractivity contribution in [1.29, 1.82) is 0 Å². The van der Waals surface area contributed by atoms with E-state index in [1.807, 2.05) is 63.1 Å². The van der Waals surface area contributed by atoms with Crippen LogP contribution in [0, 0.1) is 25.7 Å². The summed E-state index contributed by atoms with van der Waals surface area (Å²) in [4.78, 5) is 26.6. The molecule has 1 amide bonds. The van der Waals surface area contributed by atoms with Gasteiger partial charge in [-0.25, -0.2) is 14.8 Å². The molecule has 1 aliphatic heterocycles. The fourth-order valence-corrected chi connectivity index (χ4v) is 7.51. The second-order valence-electron chi connectivity index (χ2n) is 14.0. The molecule has 0 bridgehead atoms. The average Bonchev–Trinajstić information content (AvgIpc) is 3.60. The monoisotopic (exact) mass is 655 g/mol. The Kier molecular flexibility index (Phi) is 9.51. The molecule has 1 saturated heterocycles. The maximum absolute atomic E-state index is 12.7. The van der Waals surface area contributed by atoms with Gasteiger partial charge in [-0.15, -0.1) is 0 Å². The zero-order chi connectivity index (χ0) is 33.3. The van der Waals surface area contributed by atoms with Gasteiger partial charge in [0.2, 0.25) is 5.88 Å². The minimum atomic E-state index is -0.485. The Labute approximate surface area is 283 Å². The standard InChI is InChI=1S/C38H46ClN5O3/c1-7-44(30-16-27-21-43(22-28(27)17-30)37(45)47-38(4,5)6)34-19-29(39)18-32-31(34)13-14-40-35(32)41-20-33-24(2)15-25(3)42-36(33)46-23-26-11-9-8-10-12-26/h8-15,18-19,27-28,30H,7,16-17,20-23H2,1-6H3,(H,40,41). The van der Waals surface area contributed by atoms with Crippen molar-refractivity contribution < 1.29 is 14.3 Å². The number of amides is 1. The Morgan fingerprint density at radius 1 is 1.04 bits per heavy atom. The predicted octanol–water partition coefficient (Wildman–Crippen LogP) is 8.56. The molecule has 1 saturated carbocycles. The van der Waals surface area contributed by atoms with Crippen molar-refractivity contribution in [2.45, 2.75) is 79.2 Å². The predicted molar refractivity (Wildman–Crippen MR) is 189 cm³/mol. The second-order valence-corrected chi connectivity index (χ2v) is 14.4. The Balaban J connectivity index is 1.21. The Bertz CT molecular complexity index is 1730. The SMILES string of the molecule is CCN(c1cc(Cl)cc2c(NCc3c(C)cc(C)nc3OCc3ccccc3)nccc12)C1CC2CN(C(=O)OC(C)(C)C)CC2C1. The number of halogens is 1. The molecule has 47 heavy (non-hydrogen) atoms. The van der Waals surface area contributed by atoms with Gasteiger partial charge in [-0.2, -0.15) is 0 Å². The van der Waals surface area contributed by atoms with Gasteiger partial charge < -0.3 is 24.6 Å². The lowest BCUT2D eigenvalue weighted by atomic mass is 10.0. The summed E-state index contributed by atoms with van der Waals surface area (Å²) in [6.45, 7) is 15.4. The molecule has 2 fully saturated rings. The average molecular weight is 656 g/mol. The number of carbonyl (C=O) groups is 1. The summed E-state index contributed by atoms with van der Waals surface area (Å²) < 4.78 is 11.9. The van der Waals surface area contributed by atoms with Crippen LogP contribution in [0.15, 0.2) is 60.8 Å². The highest BCUT2D eigenvalue weighted by atomic mass is 35.5. The molecule has 2 aliphatic rings. The summed E-state index contributed by atoms with van der Waals surface area (Å²) in [5.74, 6) is 2.34. The number of hydrogen-bond acceptors (Lipinski definition) is 7. The molecule has 6 rings (SSSR count). The second kappa shape index (κ2) is 13.6. The number of carbonyl (C=O) groups excluding carboxylic acids is 1. The first-order chi connectivity index (χ1) is 22.5. The van der Waals surface area contributed by atoms with Crippen LogP contribution in [0.2, 0.25) is 5.02 Å². The van der Waals surface area contributed by atoms with Crippen LogP contribution in [0.25, 0.3) is 10.8 Å². The first-order valence-electron chi connectivity index (χ1n) is 16.7. The summed E-state index contributed by atoms with van der Waals surface area (Å²) in [7, 11) is 0. The number of rotatable bonds is 9. The van der Waals surface area contributed by atoms with Gasteiger partial charge in [0.1, 0.15) is 18.0 Å². The van der Waals surface area contributed by atoms with Crippen molar-refractivity contribution in [3.8, 4) is 5.88 Å². The fraction of sp³-hybridized carbons (Fsp3) is 0.447. The van der Waals surface area contributed by atoms with E-state index in [-0.39, 0.29) is 6.09 Å². The molecule has 2 aromatic carbocycles. The molecule has 1 N–H and O–H groups in total. The summed E-state index contributed by atoms with van der Waals surface area (Å²) in [6, 6.07) is 18.8. The van der Waals surface area contributed by atoms with Gasteiger partial charge in [0, 0.05) is 71.2 Å². The zero-order valence-corrected chi connectivity index (χ0v) is 29.1. The highest BCUT2D eigenvalue weighted by Gasteiger charge is 2.45. The lowest BCUT2D eigenvalue weighted by Crippen LogP contribution is -2.38. The molecular formula is C38H46ClN5O3. The minimum absolute atomic E-state index is 0.198. The maximum atomic E-state index is 12.7. The van der Waals surface area contributed by atoms with Crippen LogP contribution in [0.4, 0.5) is 16.3 Å². The molecule has 4 aromatic rings. The third-order valence-electron chi connectivity index (χ3n) is 9.38. The number of fused-ring (bicyclic) bond motifs is 2. The highest BCUT2D eigenvalue weighted by molar-refractivity contribution is 6.32. The van der Waals surface area contributed by atoms with Crippen LogP contribution in [0.1, 0.15) is 62.9 Å². The van der Waals surface area contributed by atoms with E-state index >= 15 is 0 Å². The molecular weight excluding hydrogens is 610 g/mol. The van der Waals surface area contributed by atoms with Crippen molar-refractivity contribution >= 4 is 40.0 Å². The molecule has 0 spiro atoms. The molecule has 3 heterocycles. The Hall–Kier alpha value is -4.04. The number of aryl methyl sites for hydroxylation is 2. The van der Waals surface area contributed by atoms with Crippen molar-refractivity contribution in [2.75, 3.05) is 29.9 Å². The van der Waals surface area contributed by atoms with Crippen LogP contribution < -0.4 is 15.0 Å². The first kappa shape index (κ1) is 32.9. The van der Waals surface area contributed by atoms with E-state index < -0.39 is 5.60 Å². The summed E-state index contributed by atoms with van der Waals surface area (Å²) >= 11 is 6.82. The molecule has 8 nitrogen and oxygen atoms in total. The van der Waals surface area contributed by atoms with Gasteiger partial charge in [0.15, 0.2) is 0 Å². The van der Waals surface area contributed by atoms with Gasteiger partial charge in [-0.3, -0.25) is 0 Å². The number of aromatic nitrogens is 2.